The quantitative estimate of drug-likeness (QED) is 0.319. The van der Waals surface area contributed by atoms with E-state index in [0.717, 1.165) is 6.26 Å². The van der Waals surface area contributed by atoms with Crippen molar-refractivity contribution in [2.75, 3.05) is 0 Å². The fraction of sp³-hybridized carbons (Fsp3) is 0.500. The highest BCUT2D eigenvalue weighted by Gasteiger charge is 2.24. The number of rotatable bonds is 2. The number of hydrogen-bond acceptors (Lipinski definition) is 2. The molecule has 0 heterocycles. The number of ether oxygens (including phenoxy) is 1. The van der Waals surface area contributed by atoms with E-state index in [2.05, 4.69) is 11.3 Å². The van der Waals surface area contributed by atoms with E-state index < -0.39 is 3.42 Å². The first-order valence-corrected chi connectivity index (χ1v) is 3.57. The summed E-state index contributed by atoms with van der Waals surface area (Å²) >= 11 is 2.00. The smallest absolute Gasteiger partial charge is 0.326 e. The van der Waals surface area contributed by atoms with E-state index in [1.807, 2.05) is 22.6 Å². The van der Waals surface area contributed by atoms with E-state index in [9.17, 15) is 4.79 Å². The maximum atomic E-state index is 10.8. The van der Waals surface area contributed by atoms with E-state index in [0.29, 0.717) is 0 Å². The van der Waals surface area contributed by atoms with Gasteiger partial charge in [-0.2, -0.15) is 0 Å². The SMILES string of the molecule is C=COC(=O)C(C)(C)I. The predicted molar refractivity (Wildman–Crippen MR) is 44.4 cm³/mol. The van der Waals surface area contributed by atoms with Gasteiger partial charge in [-0.1, -0.05) is 29.2 Å². The zero-order chi connectivity index (χ0) is 7.49. The Balaban J connectivity index is 3.88. The van der Waals surface area contributed by atoms with Gasteiger partial charge < -0.3 is 4.74 Å². The predicted octanol–water partition coefficient (Wildman–Crippen LogP) is 1.89. The van der Waals surface area contributed by atoms with E-state index in [1.165, 1.54) is 0 Å². The number of hydrogen-bond donors (Lipinski definition) is 0. The summed E-state index contributed by atoms with van der Waals surface area (Å²) < 4.78 is 4.07. The molecule has 0 aromatic rings. The van der Waals surface area contributed by atoms with Crippen LogP contribution in [0.25, 0.3) is 0 Å². The first-order chi connectivity index (χ1) is 3.98. The molecule has 0 rings (SSSR count). The Morgan fingerprint density at radius 1 is 1.78 bits per heavy atom. The molecule has 52 valence electrons. The van der Waals surface area contributed by atoms with Crippen LogP contribution in [0.1, 0.15) is 13.8 Å². The minimum Gasteiger partial charge on any atom is -0.434 e. The van der Waals surface area contributed by atoms with Crippen molar-refractivity contribution in [2.45, 2.75) is 17.3 Å². The van der Waals surface area contributed by atoms with E-state index in [1.54, 1.807) is 13.8 Å². The van der Waals surface area contributed by atoms with Crippen LogP contribution in [0, 0.1) is 0 Å². The summed E-state index contributed by atoms with van der Waals surface area (Å²) in [5.74, 6) is -0.266. The second-order valence-electron chi connectivity index (χ2n) is 2.04. The van der Waals surface area contributed by atoms with Gasteiger partial charge in [0.2, 0.25) is 0 Å². The van der Waals surface area contributed by atoms with Crippen molar-refractivity contribution in [3.63, 3.8) is 0 Å². The highest BCUT2D eigenvalue weighted by molar-refractivity contribution is 14.1. The summed E-state index contributed by atoms with van der Waals surface area (Å²) in [6.07, 6.45) is 1.14. The van der Waals surface area contributed by atoms with Crippen molar-refractivity contribution < 1.29 is 9.53 Å². The maximum Gasteiger partial charge on any atom is 0.326 e. The Labute approximate surface area is 68.4 Å². The number of carbonyl (C=O) groups excluding carboxylic acids is 1. The molecular formula is C6H9IO2. The van der Waals surface area contributed by atoms with Crippen LogP contribution in [0.15, 0.2) is 12.8 Å². The highest BCUT2D eigenvalue weighted by Crippen LogP contribution is 2.17. The molecule has 0 aliphatic carbocycles. The van der Waals surface area contributed by atoms with E-state index in [-0.39, 0.29) is 5.97 Å². The Kier molecular flexibility index (Phi) is 3.17. The van der Waals surface area contributed by atoms with Crippen molar-refractivity contribution >= 4 is 28.6 Å². The lowest BCUT2D eigenvalue weighted by molar-refractivity contribution is -0.139. The van der Waals surface area contributed by atoms with Gasteiger partial charge in [0.1, 0.15) is 3.42 Å². The first kappa shape index (κ1) is 8.94. The average molecular weight is 240 g/mol. The average Bonchev–Trinajstić information content (AvgIpc) is 1.64. The Hall–Kier alpha value is -0.0600. The molecule has 0 aromatic carbocycles. The van der Waals surface area contributed by atoms with Crippen LogP contribution in [-0.2, 0) is 9.53 Å². The van der Waals surface area contributed by atoms with Crippen molar-refractivity contribution in [3.05, 3.63) is 12.8 Å². The zero-order valence-corrected chi connectivity index (χ0v) is 7.64. The van der Waals surface area contributed by atoms with E-state index in [4.69, 9.17) is 0 Å². The summed E-state index contributed by atoms with van der Waals surface area (Å²) in [7, 11) is 0. The Morgan fingerprint density at radius 3 is 2.33 bits per heavy atom. The molecule has 0 aliphatic rings. The second kappa shape index (κ2) is 3.20. The zero-order valence-electron chi connectivity index (χ0n) is 5.48. The van der Waals surface area contributed by atoms with Gasteiger partial charge in [0.15, 0.2) is 0 Å². The van der Waals surface area contributed by atoms with Crippen LogP contribution < -0.4 is 0 Å². The summed E-state index contributed by atoms with van der Waals surface area (Å²) in [5.41, 5.74) is 0. The number of halogens is 1. The monoisotopic (exact) mass is 240 g/mol. The summed E-state index contributed by atoms with van der Waals surface area (Å²) in [6.45, 7) is 6.82. The molecule has 0 fully saturated rings. The van der Waals surface area contributed by atoms with Crippen molar-refractivity contribution in [1.29, 1.82) is 0 Å². The summed E-state index contributed by atoms with van der Waals surface area (Å²) in [4.78, 5) is 10.8. The molecule has 0 saturated heterocycles. The molecule has 0 bridgehead atoms. The summed E-state index contributed by atoms with van der Waals surface area (Å²) in [6, 6.07) is 0. The molecule has 0 amide bonds. The molecule has 0 aliphatic heterocycles. The standard InChI is InChI=1S/C6H9IO2/c1-4-9-5(8)6(2,3)7/h4H,1H2,2-3H3. The minimum absolute atomic E-state index is 0.266. The molecule has 0 radical (unpaired) electrons. The van der Waals surface area contributed by atoms with Crippen molar-refractivity contribution in [3.8, 4) is 0 Å². The number of esters is 1. The topological polar surface area (TPSA) is 26.3 Å². The van der Waals surface area contributed by atoms with Gasteiger partial charge in [-0.3, -0.25) is 4.79 Å². The van der Waals surface area contributed by atoms with Gasteiger partial charge in [-0.25, -0.2) is 0 Å². The van der Waals surface area contributed by atoms with Crippen LogP contribution in [0.2, 0.25) is 0 Å². The Morgan fingerprint density at radius 2 is 2.22 bits per heavy atom. The third-order valence-electron chi connectivity index (χ3n) is 0.676. The normalized spacial score (nSPS) is 10.6. The molecule has 0 N–H and O–H groups in total. The molecular weight excluding hydrogens is 231 g/mol. The van der Waals surface area contributed by atoms with Gasteiger partial charge >= 0.3 is 5.97 Å². The van der Waals surface area contributed by atoms with Gasteiger partial charge in [0.05, 0.1) is 6.26 Å². The molecule has 0 saturated carbocycles. The van der Waals surface area contributed by atoms with Gasteiger partial charge in [-0.15, -0.1) is 0 Å². The number of carbonyl (C=O) groups is 1. The lowest BCUT2D eigenvalue weighted by Crippen LogP contribution is -2.24. The van der Waals surface area contributed by atoms with Crippen LogP contribution in [0.3, 0.4) is 0 Å². The van der Waals surface area contributed by atoms with Gasteiger partial charge in [0, 0.05) is 0 Å². The third-order valence-corrected chi connectivity index (χ3v) is 1.12. The fourth-order valence-electron chi connectivity index (χ4n) is 0.216. The maximum absolute atomic E-state index is 10.8. The molecule has 0 unspecified atom stereocenters. The lowest BCUT2D eigenvalue weighted by atomic mass is 10.2. The molecule has 9 heavy (non-hydrogen) atoms. The Bertz CT molecular complexity index is 124. The van der Waals surface area contributed by atoms with Crippen LogP contribution in [0.5, 0.6) is 0 Å². The number of alkyl halides is 1. The fourth-order valence-corrected chi connectivity index (χ4v) is 0.343. The van der Waals surface area contributed by atoms with Crippen LogP contribution >= 0.6 is 22.6 Å². The summed E-state index contributed by atoms with van der Waals surface area (Å²) in [5, 5.41) is 0. The van der Waals surface area contributed by atoms with E-state index >= 15 is 0 Å². The second-order valence-corrected chi connectivity index (χ2v) is 4.74. The highest BCUT2D eigenvalue weighted by atomic mass is 127. The van der Waals surface area contributed by atoms with Gasteiger partial charge in [-0.05, 0) is 13.8 Å². The molecule has 0 aromatic heterocycles. The first-order valence-electron chi connectivity index (χ1n) is 2.49. The van der Waals surface area contributed by atoms with Crippen molar-refractivity contribution in [2.24, 2.45) is 0 Å². The molecule has 3 heteroatoms. The van der Waals surface area contributed by atoms with Gasteiger partial charge in [0.25, 0.3) is 0 Å². The third kappa shape index (κ3) is 3.51. The van der Waals surface area contributed by atoms with Crippen LogP contribution in [0.4, 0.5) is 0 Å². The minimum atomic E-state index is -0.452. The molecule has 0 atom stereocenters. The van der Waals surface area contributed by atoms with Crippen LogP contribution in [-0.4, -0.2) is 9.39 Å². The molecule has 2 nitrogen and oxygen atoms in total. The lowest BCUT2D eigenvalue weighted by Gasteiger charge is -2.11. The molecule has 0 spiro atoms. The largest absolute Gasteiger partial charge is 0.434 e. The van der Waals surface area contributed by atoms with Crippen molar-refractivity contribution in [1.82, 2.24) is 0 Å².